The van der Waals surface area contributed by atoms with Crippen LogP contribution >= 0.6 is 0 Å². The Morgan fingerprint density at radius 2 is 2.12 bits per heavy atom. The molecule has 0 fully saturated rings. The first-order valence-electron chi connectivity index (χ1n) is 5.65. The molecular weight excluding hydrogens is 220 g/mol. The minimum Gasteiger partial charge on any atom is -0.326 e. The zero-order chi connectivity index (χ0) is 12.8. The molecule has 0 aliphatic carbocycles. The summed E-state index contributed by atoms with van der Waals surface area (Å²) in [5.41, 5.74) is 1.21. The predicted octanol–water partition coefficient (Wildman–Crippen LogP) is 2.90. The van der Waals surface area contributed by atoms with Crippen molar-refractivity contribution in [3.63, 3.8) is 0 Å². The highest BCUT2D eigenvalue weighted by molar-refractivity contribution is 5.91. The van der Waals surface area contributed by atoms with E-state index in [2.05, 4.69) is 5.32 Å². The van der Waals surface area contributed by atoms with Crippen molar-refractivity contribution in [3.05, 3.63) is 33.9 Å². The van der Waals surface area contributed by atoms with E-state index in [0.29, 0.717) is 24.1 Å². The molecule has 0 aromatic heterocycles. The van der Waals surface area contributed by atoms with E-state index in [4.69, 9.17) is 0 Å². The summed E-state index contributed by atoms with van der Waals surface area (Å²) in [6.07, 6.45) is 1.77. The molecule has 0 bridgehead atoms. The van der Waals surface area contributed by atoms with Gasteiger partial charge in [0.1, 0.15) is 0 Å². The molecule has 1 N–H and O–H groups in total. The van der Waals surface area contributed by atoms with Crippen molar-refractivity contribution in [1.82, 2.24) is 0 Å². The van der Waals surface area contributed by atoms with Crippen molar-refractivity contribution in [2.24, 2.45) is 0 Å². The van der Waals surface area contributed by atoms with Crippen molar-refractivity contribution in [2.75, 3.05) is 5.32 Å². The van der Waals surface area contributed by atoms with Crippen molar-refractivity contribution < 1.29 is 9.72 Å². The number of nitrogens with zero attached hydrogens (tertiary/aromatic N) is 1. The normalized spacial score (nSPS) is 10.0. The number of nitro groups is 1. The lowest BCUT2D eigenvalue weighted by Crippen LogP contribution is -2.11. The highest BCUT2D eigenvalue weighted by Crippen LogP contribution is 2.23. The van der Waals surface area contributed by atoms with Gasteiger partial charge in [-0.2, -0.15) is 0 Å². The molecule has 0 heterocycles. The van der Waals surface area contributed by atoms with Gasteiger partial charge in [-0.3, -0.25) is 14.9 Å². The third kappa shape index (κ3) is 3.55. The lowest BCUT2D eigenvalue weighted by Gasteiger charge is -2.06. The molecule has 5 nitrogen and oxygen atoms in total. The fourth-order valence-corrected chi connectivity index (χ4v) is 1.56. The van der Waals surface area contributed by atoms with Crippen LogP contribution in [-0.2, 0) is 11.2 Å². The lowest BCUT2D eigenvalue weighted by molar-refractivity contribution is -0.385. The predicted molar refractivity (Wildman–Crippen MR) is 66.0 cm³/mol. The molecular formula is C12H16N2O3. The van der Waals surface area contributed by atoms with E-state index in [9.17, 15) is 14.9 Å². The van der Waals surface area contributed by atoms with Gasteiger partial charge >= 0.3 is 0 Å². The summed E-state index contributed by atoms with van der Waals surface area (Å²) < 4.78 is 0. The number of nitro benzene ring substituents is 1. The number of nitrogens with one attached hydrogen (secondary N) is 1. The molecule has 92 valence electrons. The average Bonchev–Trinajstić information content (AvgIpc) is 2.29. The monoisotopic (exact) mass is 236 g/mol. The maximum atomic E-state index is 11.4. The maximum absolute atomic E-state index is 11.4. The highest BCUT2D eigenvalue weighted by atomic mass is 16.6. The Kier molecular flexibility index (Phi) is 4.63. The Bertz CT molecular complexity index is 430. The second kappa shape index (κ2) is 5.98. The molecule has 0 aliphatic rings. The average molecular weight is 236 g/mol. The van der Waals surface area contributed by atoms with Gasteiger partial charge in [-0.15, -0.1) is 0 Å². The zero-order valence-electron chi connectivity index (χ0n) is 10.0. The van der Waals surface area contributed by atoms with Gasteiger partial charge in [0.15, 0.2) is 0 Å². The third-order valence-electron chi connectivity index (χ3n) is 2.42. The van der Waals surface area contributed by atoms with Gasteiger partial charge in [-0.05, 0) is 18.9 Å². The van der Waals surface area contributed by atoms with E-state index in [1.807, 2.05) is 13.8 Å². The van der Waals surface area contributed by atoms with Crippen LogP contribution in [0, 0.1) is 10.1 Å². The van der Waals surface area contributed by atoms with E-state index in [0.717, 1.165) is 6.42 Å². The molecule has 1 rings (SSSR count). The van der Waals surface area contributed by atoms with Crippen LogP contribution in [0.2, 0.25) is 0 Å². The fraction of sp³-hybridized carbons (Fsp3) is 0.417. The number of amides is 1. The van der Waals surface area contributed by atoms with Crippen LogP contribution in [0.25, 0.3) is 0 Å². The summed E-state index contributed by atoms with van der Waals surface area (Å²) in [6.45, 7) is 3.76. The van der Waals surface area contributed by atoms with Crippen molar-refractivity contribution in [2.45, 2.75) is 33.1 Å². The summed E-state index contributed by atoms with van der Waals surface area (Å²) in [5.74, 6) is -0.119. The molecule has 0 saturated carbocycles. The van der Waals surface area contributed by atoms with Gasteiger partial charge in [-0.25, -0.2) is 0 Å². The second-order valence-corrected chi connectivity index (χ2v) is 3.75. The van der Waals surface area contributed by atoms with Crippen LogP contribution in [0.3, 0.4) is 0 Å². The molecule has 1 amide bonds. The second-order valence-electron chi connectivity index (χ2n) is 3.75. The Hall–Kier alpha value is -1.91. The summed E-state index contributed by atoms with van der Waals surface area (Å²) in [4.78, 5) is 21.8. The number of hydrogen-bond donors (Lipinski definition) is 1. The molecule has 1 aromatic carbocycles. The van der Waals surface area contributed by atoms with Gasteiger partial charge in [0.05, 0.1) is 4.92 Å². The Morgan fingerprint density at radius 1 is 1.41 bits per heavy atom. The van der Waals surface area contributed by atoms with Crippen molar-refractivity contribution in [1.29, 1.82) is 0 Å². The molecule has 0 saturated heterocycles. The quantitative estimate of drug-likeness (QED) is 0.631. The fourth-order valence-electron chi connectivity index (χ4n) is 1.56. The van der Waals surface area contributed by atoms with Gasteiger partial charge in [-0.1, -0.05) is 19.9 Å². The standard InChI is InChI=1S/C12H16N2O3/c1-3-5-12(15)13-10-7-6-9(4-2)11(8-10)14(16)17/h6-8H,3-5H2,1-2H3,(H,13,15). The third-order valence-corrected chi connectivity index (χ3v) is 2.42. The number of carbonyl (C=O) groups excluding carboxylic acids is 1. The minimum absolute atomic E-state index is 0.0572. The highest BCUT2D eigenvalue weighted by Gasteiger charge is 2.13. The number of anilines is 1. The molecule has 1 aromatic rings. The van der Waals surface area contributed by atoms with Crippen LogP contribution in [0.4, 0.5) is 11.4 Å². The van der Waals surface area contributed by atoms with Gasteiger partial charge in [0.2, 0.25) is 5.91 Å². The zero-order valence-corrected chi connectivity index (χ0v) is 10.0. The first-order valence-corrected chi connectivity index (χ1v) is 5.65. The van der Waals surface area contributed by atoms with Crippen LogP contribution < -0.4 is 5.32 Å². The maximum Gasteiger partial charge on any atom is 0.274 e. The Morgan fingerprint density at radius 3 is 2.65 bits per heavy atom. The molecule has 0 unspecified atom stereocenters. The SMILES string of the molecule is CCCC(=O)Nc1ccc(CC)c([N+](=O)[O-])c1. The summed E-state index contributed by atoms with van der Waals surface area (Å²) in [7, 11) is 0. The van der Waals surface area contributed by atoms with Crippen LogP contribution in [0.15, 0.2) is 18.2 Å². The van der Waals surface area contributed by atoms with Crippen LogP contribution in [-0.4, -0.2) is 10.8 Å². The number of hydrogen-bond acceptors (Lipinski definition) is 3. The van der Waals surface area contributed by atoms with Gasteiger partial charge < -0.3 is 5.32 Å². The Labute approximate surface area is 100.0 Å². The van der Waals surface area contributed by atoms with E-state index < -0.39 is 4.92 Å². The molecule has 0 radical (unpaired) electrons. The molecule has 0 spiro atoms. The minimum atomic E-state index is -0.422. The van der Waals surface area contributed by atoms with Crippen molar-refractivity contribution in [3.8, 4) is 0 Å². The summed E-state index contributed by atoms with van der Waals surface area (Å²) in [6, 6.07) is 4.78. The molecule has 0 atom stereocenters. The number of benzene rings is 1. The number of aryl methyl sites for hydroxylation is 1. The van der Waals surface area contributed by atoms with Crippen molar-refractivity contribution >= 4 is 17.3 Å². The molecule has 5 heteroatoms. The van der Waals surface area contributed by atoms with E-state index in [-0.39, 0.29) is 11.6 Å². The van der Waals surface area contributed by atoms with Crippen LogP contribution in [0.5, 0.6) is 0 Å². The van der Waals surface area contributed by atoms with Gasteiger partial charge in [0, 0.05) is 23.7 Å². The smallest absolute Gasteiger partial charge is 0.274 e. The summed E-state index contributed by atoms with van der Waals surface area (Å²) >= 11 is 0. The van der Waals surface area contributed by atoms with Gasteiger partial charge in [0.25, 0.3) is 5.69 Å². The number of carbonyl (C=O) groups is 1. The molecule has 17 heavy (non-hydrogen) atoms. The Balaban J connectivity index is 2.92. The first kappa shape index (κ1) is 13.2. The lowest BCUT2D eigenvalue weighted by atomic mass is 10.1. The van der Waals surface area contributed by atoms with Crippen LogP contribution in [0.1, 0.15) is 32.3 Å². The largest absolute Gasteiger partial charge is 0.326 e. The topological polar surface area (TPSA) is 72.2 Å². The first-order chi connectivity index (χ1) is 8.08. The van der Waals surface area contributed by atoms with E-state index in [1.54, 1.807) is 12.1 Å². The molecule has 0 aliphatic heterocycles. The summed E-state index contributed by atoms with van der Waals surface area (Å²) in [5, 5.41) is 13.5. The number of rotatable bonds is 5. The van der Waals surface area contributed by atoms with E-state index >= 15 is 0 Å². The van der Waals surface area contributed by atoms with E-state index in [1.165, 1.54) is 6.07 Å².